The third-order valence-electron chi connectivity index (χ3n) is 2.89. The molecule has 4 nitrogen and oxygen atoms in total. The highest BCUT2D eigenvalue weighted by molar-refractivity contribution is 5.85. The zero-order valence-corrected chi connectivity index (χ0v) is 13.9. The highest BCUT2D eigenvalue weighted by Gasteiger charge is 2.34. The van der Waals surface area contributed by atoms with Crippen LogP contribution in [0.2, 0.25) is 0 Å². The molecule has 0 aliphatic heterocycles. The number of nitrogens with one attached hydrogen (secondary N) is 2. The summed E-state index contributed by atoms with van der Waals surface area (Å²) in [5.41, 5.74) is -0.890. The van der Waals surface area contributed by atoms with Gasteiger partial charge in [-0.3, -0.25) is 4.79 Å². The van der Waals surface area contributed by atoms with Gasteiger partial charge in [0.1, 0.15) is 5.75 Å². The molecule has 1 rings (SSSR count). The van der Waals surface area contributed by atoms with Gasteiger partial charge < -0.3 is 15.4 Å². The third kappa shape index (κ3) is 7.56. The zero-order chi connectivity index (χ0) is 16.6. The van der Waals surface area contributed by atoms with Gasteiger partial charge in [-0.15, -0.1) is 12.4 Å². The van der Waals surface area contributed by atoms with Crippen molar-refractivity contribution in [3.05, 3.63) is 29.8 Å². The second-order valence-corrected chi connectivity index (χ2v) is 4.80. The van der Waals surface area contributed by atoms with Crippen LogP contribution in [0.3, 0.4) is 0 Å². The van der Waals surface area contributed by atoms with E-state index in [2.05, 4.69) is 10.6 Å². The lowest BCUT2D eigenvalue weighted by atomic mass is 10.2. The lowest BCUT2D eigenvalue weighted by Gasteiger charge is -2.18. The van der Waals surface area contributed by atoms with Crippen molar-refractivity contribution < 1.29 is 22.7 Å². The number of hydrogen-bond donors (Lipinski definition) is 2. The second-order valence-electron chi connectivity index (χ2n) is 4.80. The van der Waals surface area contributed by atoms with Crippen LogP contribution in [0.25, 0.3) is 0 Å². The SMILES string of the molecule is CCCNCCNC(=O)C(C)Oc1ccccc1C(F)(F)F.Cl. The maximum absolute atomic E-state index is 12.8. The van der Waals surface area contributed by atoms with E-state index in [4.69, 9.17) is 4.74 Å². The van der Waals surface area contributed by atoms with Gasteiger partial charge in [-0.05, 0) is 32.0 Å². The molecule has 0 bridgehead atoms. The van der Waals surface area contributed by atoms with Crippen LogP contribution >= 0.6 is 12.4 Å². The molecule has 0 radical (unpaired) electrons. The predicted octanol–water partition coefficient (Wildman–Crippen LogP) is 3.01. The van der Waals surface area contributed by atoms with Crippen LogP contribution < -0.4 is 15.4 Å². The summed E-state index contributed by atoms with van der Waals surface area (Å²) in [4.78, 5) is 11.8. The van der Waals surface area contributed by atoms with Crippen molar-refractivity contribution in [2.45, 2.75) is 32.5 Å². The first-order valence-corrected chi connectivity index (χ1v) is 7.17. The Morgan fingerprint density at radius 2 is 1.87 bits per heavy atom. The average Bonchev–Trinajstić information content (AvgIpc) is 2.46. The number of halogens is 4. The monoisotopic (exact) mass is 354 g/mol. The largest absolute Gasteiger partial charge is 0.480 e. The van der Waals surface area contributed by atoms with E-state index < -0.39 is 23.8 Å². The van der Waals surface area contributed by atoms with E-state index in [0.717, 1.165) is 19.0 Å². The fourth-order valence-electron chi connectivity index (χ4n) is 1.77. The van der Waals surface area contributed by atoms with Crippen LogP contribution in [-0.2, 0) is 11.0 Å². The maximum atomic E-state index is 12.8. The van der Waals surface area contributed by atoms with Gasteiger partial charge in [0.25, 0.3) is 5.91 Å². The standard InChI is InChI=1S/C15H21F3N2O2.ClH/c1-3-8-19-9-10-20-14(21)11(2)22-13-7-5-4-6-12(13)15(16,17)18;/h4-7,11,19H,3,8-10H2,1-2H3,(H,20,21);1H. The average molecular weight is 355 g/mol. The van der Waals surface area contributed by atoms with Crippen molar-refractivity contribution in [2.75, 3.05) is 19.6 Å². The van der Waals surface area contributed by atoms with Gasteiger partial charge in [0.05, 0.1) is 5.56 Å². The molecule has 1 aromatic carbocycles. The van der Waals surface area contributed by atoms with Crippen LogP contribution in [0.15, 0.2) is 24.3 Å². The fourth-order valence-corrected chi connectivity index (χ4v) is 1.77. The van der Waals surface area contributed by atoms with Gasteiger partial charge in [0.2, 0.25) is 0 Å². The van der Waals surface area contributed by atoms with Gasteiger partial charge in [0, 0.05) is 13.1 Å². The van der Waals surface area contributed by atoms with Crippen molar-refractivity contribution in [1.29, 1.82) is 0 Å². The summed E-state index contributed by atoms with van der Waals surface area (Å²) in [5, 5.41) is 5.72. The Kier molecular flexibility index (Phi) is 9.67. The smallest absolute Gasteiger partial charge is 0.419 e. The maximum Gasteiger partial charge on any atom is 0.419 e. The minimum Gasteiger partial charge on any atom is -0.480 e. The number of para-hydroxylation sites is 1. The molecular weight excluding hydrogens is 333 g/mol. The summed E-state index contributed by atoms with van der Waals surface area (Å²) in [6, 6.07) is 4.84. The van der Waals surface area contributed by atoms with E-state index in [1.54, 1.807) is 0 Å². The predicted molar refractivity (Wildman–Crippen MR) is 85.0 cm³/mol. The van der Waals surface area contributed by atoms with Gasteiger partial charge in [-0.1, -0.05) is 19.1 Å². The topological polar surface area (TPSA) is 50.4 Å². The van der Waals surface area contributed by atoms with Crippen molar-refractivity contribution in [3.63, 3.8) is 0 Å². The minimum atomic E-state index is -4.52. The number of carbonyl (C=O) groups excluding carboxylic acids is 1. The number of hydrogen-bond acceptors (Lipinski definition) is 3. The molecule has 1 unspecified atom stereocenters. The molecule has 1 atom stereocenters. The Hall–Kier alpha value is -1.47. The van der Waals surface area contributed by atoms with Crippen molar-refractivity contribution in [1.82, 2.24) is 10.6 Å². The van der Waals surface area contributed by atoms with Crippen LogP contribution in [0.1, 0.15) is 25.8 Å². The summed E-state index contributed by atoms with van der Waals surface area (Å²) in [6.07, 6.45) is -4.53. The Labute approximate surface area is 140 Å². The minimum absolute atomic E-state index is 0. The number of carbonyl (C=O) groups is 1. The molecule has 0 aliphatic rings. The van der Waals surface area contributed by atoms with Crippen LogP contribution in [0, 0.1) is 0 Å². The molecule has 0 aliphatic carbocycles. The molecule has 8 heteroatoms. The molecule has 2 N–H and O–H groups in total. The quantitative estimate of drug-likeness (QED) is 0.706. The van der Waals surface area contributed by atoms with E-state index in [1.807, 2.05) is 6.92 Å². The molecule has 0 fully saturated rings. The molecular formula is C15H22ClF3N2O2. The van der Waals surface area contributed by atoms with Crippen molar-refractivity contribution >= 4 is 18.3 Å². The molecule has 0 saturated heterocycles. The van der Waals surface area contributed by atoms with Crippen molar-refractivity contribution in [3.8, 4) is 5.75 Å². The first kappa shape index (κ1) is 21.5. The summed E-state index contributed by atoms with van der Waals surface area (Å²) in [7, 11) is 0. The van der Waals surface area contributed by atoms with Gasteiger partial charge in [0.15, 0.2) is 6.10 Å². The fraction of sp³-hybridized carbons (Fsp3) is 0.533. The Morgan fingerprint density at radius 3 is 2.48 bits per heavy atom. The number of benzene rings is 1. The first-order valence-electron chi connectivity index (χ1n) is 7.17. The van der Waals surface area contributed by atoms with E-state index in [-0.39, 0.29) is 18.2 Å². The van der Waals surface area contributed by atoms with E-state index in [9.17, 15) is 18.0 Å². The molecule has 0 saturated carbocycles. The van der Waals surface area contributed by atoms with E-state index in [0.29, 0.717) is 13.1 Å². The Balaban J connectivity index is 0.00000484. The Morgan fingerprint density at radius 1 is 1.22 bits per heavy atom. The third-order valence-corrected chi connectivity index (χ3v) is 2.89. The normalized spacial score (nSPS) is 12.2. The van der Waals surface area contributed by atoms with Gasteiger partial charge in [-0.25, -0.2) is 0 Å². The van der Waals surface area contributed by atoms with Crippen LogP contribution in [0.5, 0.6) is 5.75 Å². The molecule has 0 heterocycles. The molecule has 1 amide bonds. The van der Waals surface area contributed by atoms with Gasteiger partial charge in [-0.2, -0.15) is 13.2 Å². The molecule has 23 heavy (non-hydrogen) atoms. The summed E-state index contributed by atoms with van der Waals surface area (Å²) in [6.45, 7) is 5.29. The number of alkyl halides is 3. The number of ether oxygens (including phenoxy) is 1. The van der Waals surface area contributed by atoms with Crippen LogP contribution in [0.4, 0.5) is 13.2 Å². The van der Waals surface area contributed by atoms with Crippen LogP contribution in [-0.4, -0.2) is 31.6 Å². The summed E-state index contributed by atoms with van der Waals surface area (Å²) < 4.78 is 43.7. The Bertz CT molecular complexity index is 484. The lowest BCUT2D eigenvalue weighted by Crippen LogP contribution is -2.40. The first-order chi connectivity index (χ1) is 10.4. The summed E-state index contributed by atoms with van der Waals surface area (Å²) >= 11 is 0. The number of amides is 1. The lowest BCUT2D eigenvalue weighted by molar-refractivity contribution is -0.140. The van der Waals surface area contributed by atoms with E-state index >= 15 is 0 Å². The van der Waals surface area contributed by atoms with Crippen molar-refractivity contribution in [2.24, 2.45) is 0 Å². The highest BCUT2D eigenvalue weighted by atomic mass is 35.5. The highest BCUT2D eigenvalue weighted by Crippen LogP contribution is 2.36. The second kappa shape index (κ2) is 10.3. The zero-order valence-electron chi connectivity index (χ0n) is 13.1. The van der Waals surface area contributed by atoms with E-state index in [1.165, 1.54) is 25.1 Å². The molecule has 1 aromatic rings. The molecule has 0 spiro atoms. The number of rotatable bonds is 8. The molecule has 132 valence electrons. The van der Waals surface area contributed by atoms with Gasteiger partial charge >= 0.3 is 6.18 Å². The summed E-state index contributed by atoms with van der Waals surface area (Å²) in [5.74, 6) is -0.794. The molecule has 0 aromatic heterocycles.